The molecule has 34 heteroatoms. The number of nitrogens with zero attached hydrogens (tertiary/aromatic N) is 4. The van der Waals surface area contributed by atoms with Gasteiger partial charge >= 0.3 is 5.97 Å². The Kier molecular flexibility index (Phi) is 35.3. The molecule has 82 heavy (non-hydrogen) atoms. The highest BCUT2D eigenvalue weighted by molar-refractivity contribution is 7.80. The average Bonchev–Trinajstić information content (AvgIpc) is 3.42. The van der Waals surface area contributed by atoms with Gasteiger partial charge in [-0.2, -0.15) is 37.9 Å². The van der Waals surface area contributed by atoms with E-state index in [1.165, 1.54) is 0 Å². The van der Waals surface area contributed by atoms with Crippen LogP contribution >= 0.6 is 37.9 Å². The molecule has 0 unspecified atom stereocenters. The monoisotopic (exact) mass is 1210 g/mol. The number of hydrogen-bond acceptors (Lipinski definition) is 17. The van der Waals surface area contributed by atoms with E-state index in [1.807, 2.05) is 0 Å². The van der Waals surface area contributed by atoms with Gasteiger partial charge in [0.25, 0.3) is 0 Å². The van der Waals surface area contributed by atoms with E-state index >= 15 is 0 Å². The molecule has 27 N–H and O–H groups in total. The van der Waals surface area contributed by atoms with Crippen LogP contribution < -0.4 is 94.1 Å². The van der Waals surface area contributed by atoms with E-state index in [-0.39, 0.29) is 119 Å². The van der Waals surface area contributed by atoms with Crippen molar-refractivity contribution in [3.05, 3.63) is 35.9 Å². The van der Waals surface area contributed by atoms with Gasteiger partial charge in [0.1, 0.15) is 48.3 Å². The third-order valence-corrected chi connectivity index (χ3v) is 13.3. The lowest BCUT2D eigenvalue weighted by Gasteiger charge is -2.29. The molecule has 0 aliphatic heterocycles. The normalized spacial score (nSPS) is 14.5. The molecule has 1 aromatic carbocycles. The van der Waals surface area contributed by atoms with Crippen LogP contribution in [-0.4, -0.2) is 180 Å². The molecule has 0 spiro atoms. The number of nitrogens with one attached hydrogen (secondary N) is 8. The van der Waals surface area contributed by atoms with Crippen molar-refractivity contribution in [1.82, 2.24) is 42.5 Å². The minimum atomic E-state index is -1.46. The van der Waals surface area contributed by atoms with Gasteiger partial charge in [0.05, 0.1) is 6.04 Å². The van der Waals surface area contributed by atoms with Gasteiger partial charge in [-0.25, -0.2) is 4.79 Å². The molecule has 0 heterocycles. The van der Waals surface area contributed by atoms with Crippen molar-refractivity contribution in [3.63, 3.8) is 0 Å². The summed E-state index contributed by atoms with van der Waals surface area (Å²) in [5.41, 5.74) is 50.5. The second kappa shape index (κ2) is 39.9. The van der Waals surface area contributed by atoms with Crippen LogP contribution in [0.4, 0.5) is 0 Å². The smallest absolute Gasteiger partial charge is 0.327 e. The molecular weight excluding hydrogens is 1130 g/mol. The second-order valence-corrected chi connectivity index (χ2v) is 19.9. The maximum atomic E-state index is 14.4. The molecule has 8 amide bonds. The van der Waals surface area contributed by atoms with Crippen LogP contribution in [-0.2, 0) is 49.6 Å². The zero-order valence-electron chi connectivity index (χ0n) is 46.1. The Bertz CT molecular complexity index is 2360. The van der Waals surface area contributed by atoms with E-state index in [4.69, 9.17) is 51.6 Å². The van der Waals surface area contributed by atoms with Gasteiger partial charge in [0.15, 0.2) is 23.8 Å². The number of guanidine groups is 4. The number of hydrogen-bond donors (Lipinski definition) is 21. The van der Waals surface area contributed by atoms with Crippen LogP contribution in [0.3, 0.4) is 0 Å². The Morgan fingerprint density at radius 1 is 0.451 bits per heavy atom. The number of aliphatic imine (C=N–C) groups is 4. The maximum absolute atomic E-state index is 14.4. The van der Waals surface area contributed by atoms with E-state index in [0.717, 1.165) is 0 Å². The van der Waals surface area contributed by atoms with Gasteiger partial charge < -0.3 is 99.2 Å². The van der Waals surface area contributed by atoms with Crippen molar-refractivity contribution in [2.45, 2.75) is 132 Å². The Morgan fingerprint density at radius 2 is 0.768 bits per heavy atom. The van der Waals surface area contributed by atoms with Crippen molar-refractivity contribution >= 4 is 115 Å². The molecule has 1 aromatic rings. The fourth-order valence-electron chi connectivity index (χ4n) is 7.46. The first-order chi connectivity index (χ1) is 38.8. The number of carbonyl (C=O) groups is 9. The summed E-state index contributed by atoms with van der Waals surface area (Å²) in [7, 11) is 0. The molecule has 0 aliphatic carbocycles. The topological polar surface area (TPSA) is 554 Å². The van der Waals surface area contributed by atoms with Crippen molar-refractivity contribution < 1.29 is 48.3 Å². The summed E-state index contributed by atoms with van der Waals surface area (Å²) in [5.74, 6) is -10.2. The first kappa shape index (κ1) is 72.6. The third-order valence-electron chi connectivity index (χ3n) is 12.2. The largest absolute Gasteiger partial charge is 0.480 e. The summed E-state index contributed by atoms with van der Waals surface area (Å²) in [6.45, 7) is 3.66. The van der Waals surface area contributed by atoms with E-state index < -0.39 is 114 Å². The molecule has 10 atom stereocenters. The Morgan fingerprint density at radius 3 is 1.13 bits per heavy atom. The SMILES string of the molecule is CC[C@H](C)[C@H](NC(=O)[C@H](CS)NC(=O)[C@@H](N)CCCN=C(N)N)C(=O)N[C@@H](CS)C(=O)N[C@@H](CCCN=C(N)N)C(=O)N[C@@H](CCCN=C(N)N)C(=O)N[C@@H](CCCN=C(N)N)C(=O)N[C@@H](Cc1ccccc1)C(=O)N[C@@H](CS)C(=O)O. The Labute approximate surface area is 493 Å². The minimum Gasteiger partial charge on any atom is -0.480 e. The molecule has 0 aromatic heterocycles. The van der Waals surface area contributed by atoms with Crippen LogP contribution in [0.5, 0.6) is 0 Å². The molecular formula is C48H85N21O10S3. The number of benzene rings is 1. The number of aliphatic carboxylic acids is 1. The molecule has 0 bridgehead atoms. The van der Waals surface area contributed by atoms with Gasteiger partial charge in [0, 0.05) is 49.9 Å². The highest BCUT2D eigenvalue weighted by Gasteiger charge is 2.36. The molecule has 0 aliphatic rings. The van der Waals surface area contributed by atoms with Gasteiger partial charge in [-0.3, -0.25) is 58.3 Å². The quantitative estimate of drug-likeness (QED) is 0.0126. The van der Waals surface area contributed by atoms with Crippen LogP contribution in [0, 0.1) is 5.92 Å². The maximum Gasteiger partial charge on any atom is 0.327 e. The van der Waals surface area contributed by atoms with Crippen molar-refractivity contribution in [1.29, 1.82) is 0 Å². The summed E-state index contributed by atoms with van der Waals surface area (Å²) in [4.78, 5) is 139. The highest BCUT2D eigenvalue weighted by Crippen LogP contribution is 2.12. The summed E-state index contributed by atoms with van der Waals surface area (Å²) in [6, 6.07) is -3.55. The lowest BCUT2D eigenvalue weighted by molar-refractivity contribution is -0.141. The number of carboxylic acid groups (broad SMARTS) is 1. The summed E-state index contributed by atoms with van der Waals surface area (Å²) in [5, 5.41) is 30.3. The number of thiol groups is 3. The molecule has 460 valence electrons. The first-order valence-electron chi connectivity index (χ1n) is 26.3. The number of amides is 8. The lowest BCUT2D eigenvalue weighted by atomic mass is 9.97. The van der Waals surface area contributed by atoms with Crippen LogP contribution in [0.15, 0.2) is 50.3 Å². The summed E-state index contributed by atoms with van der Waals surface area (Å²) in [6.07, 6.45) is 0.724. The predicted molar refractivity (Wildman–Crippen MR) is 322 cm³/mol. The number of carboxylic acids is 1. The van der Waals surface area contributed by atoms with Gasteiger partial charge in [-0.15, -0.1) is 0 Å². The summed E-state index contributed by atoms with van der Waals surface area (Å²) >= 11 is 12.6. The predicted octanol–water partition coefficient (Wildman–Crippen LogP) is -6.43. The second-order valence-electron chi connectivity index (χ2n) is 18.8. The molecule has 0 fully saturated rings. The van der Waals surface area contributed by atoms with E-state index in [0.29, 0.717) is 18.4 Å². The zero-order valence-corrected chi connectivity index (χ0v) is 48.8. The Balaban J connectivity index is 3.61. The fraction of sp³-hybridized carbons (Fsp3) is 0.604. The molecule has 1 rings (SSSR count). The number of rotatable bonds is 40. The number of nitrogens with two attached hydrogens (primary N) is 9. The fourth-order valence-corrected chi connectivity index (χ4v) is 8.22. The minimum absolute atomic E-state index is 0.00192. The van der Waals surface area contributed by atoms with Gasteiger partial charge in [0.2, 0.25) is 47.3 Å². The summed E-state index contributed by atoms with van der Waals surface area (Å²) < 4.78 is 0. The van der Waals surface area contributed by atoms with E-state index in [1.54, 1.807) is 44.2 Å². The van der Waals surface area contributed by atoms with Crippen molar-refractivity contribution in [2.75, 3.05) is 43.4 Å². The van der Waals surface area contributed by atoms with Gasteiger partial charge in [-0.1, -0.05) is 50.6 Å². The molecule has 0 saturated carbocycles. The van der Waals surface area contributed by atoms with Gasteiger partial charge in [-0.05, 0) is 62.8 Å². The van der Waals surface area contributed by atoms with E-state index in [9.17, 15) is 48.3 Å². The first-order valence-corrected chi connectivity index (χ1v) is 28.2. The van der Waals surface area contributed by atoms with Crippen LogP contribution in [0.2, 0.25) is 0 Å². The van der Waals surface area contributed by atoms with Crippen molar-refractivity contribution in [2.24, 2.45) is 77.5 Å². The molecule has 0 saturated heterocycles. The lowest BCUT2D eigenvalue weighted by Crippen LogP contribution is -2.61. The van der Waals surface area contributed by atoms with E-state index in [2.05, 4.69) is 100 Å². The van der Waals surface area contributed by atoms with Crippen LogP contribution in [0.1, 0.15) is 77.2 Å². The zero-order chi connectivity index (χ0) is 61.9. The highest BCUT2D eigenvalue weighted by atomic mass is 32.1. The van der Waals surface area contributed by atoms with Crippen molar-refractivity contribution in [3.8, 4) is 0 Å². The Hall–Kier alpha value is -7.46. The standard InChI is InChI=1S/C48H85N21O10S3/c1-3-25(2)35(69-42(76)33(23-81)66-36(70)27(49)13-7-17-58-45(50)51)43(77)67-32(22-80)41(75)64-29(15-9-19-60-47(54)55)38(72)62-28(14-8-18-59-46(52)53)37(71)63-30(16-10-20-61-48(56)57)39(73)65-31(21-26-11-5-4-6-12-26)40(74)68-34(24-82)44(78)79/h4-6,11-12,25,27-35,80-82H,3,7-10,13-24,49H2,1-2H3,(H,62,72)(H,63,71)(H,64,75)(H,65,73)(H,66,70)(H,67,77)(H,68,74)(H,69,76)(H,78,79)(H4,50,51,58)(H4,52,53,59)(H4,54,55,60)(H4,56,57,61)/t25-,27-,28-,29-,30-,31-,32-,33-,34-,35-/m0/s1. The third kappa shape index (κ3) is 29.3. The molecule has 31 nitrogen and oxygen atoms in total. The number of carbonyl (C=O) groups excluding carboxylic acids is 8. The average molecular weight is 1210 g/mol. The van der Waals surface area contributed by atoms with Crippen LogP contribution in [0.25, 0.3) is 0 Å². The molecule has 0 radical (unpaired) electrons.